The molecule has 0 saturated heterocycles. The Morgan fingerprint density at radius 2 is 2.29 bits per heavy atom. The second kappa shape index (κ2) is 6.06. The first-order valence-corrected chi connectivity index (χ1v) is 7.75. The fourth-order valence-electron chi connectivity index (χ4n) is 3.34. The fourth-order valence-corrected chi connectivity index (χ4v) is 3.34. The number of benzene rings is 1. The molecule has 21 heavy (non-hydrogen) atoms. The van der Waals surface area contributed by atoms with E-state index in [1.54, 1.807) is 12.1 Å². The number of hydrogen-bond donors (Lipinski definition) is 2. The molecule has 1 amide bonds. The van der Waals surface area contributed by atoms with E-state index in [0.29, 0.717) is 6.54 Å². The van der Waals surface area contributed by atoms with Gasteiger partial charge in [-0.2, -0.15) is 0 Å². The van der Waals surface area contributed by atoms with E-state index >= 15 is 0 Å². The molecule has 3 N–H and O–H groups in total. The molecule has 1 saturated carbocycles. The Morgan fingerprint density at radius 1 is 1.57 bits per heavy atom. The standard InChI is InChI=1S/C17H26N2O2/c1-4-19(12(2)13-7-5-8-14(20)11-13)16(21)17(3)10-6-9-15(17)18/h5,7-8,11-12,15,20H,4,6,9-10,18H2,1-3H3. The van der Waals surface area contributed by atoms with E-state index < -0.39 is 5.41 Å². The molecule has 4 heteroatoms. The van der Waals surface area contributed by atoms with Crippen molar-refractivity contribution in [1.82, 2.24) is 4.90 Å². The lowest BCUT2D eigenvalue weighted by Gasteiger charge is -2.37. The molecule has 0 radical (unpaired) electrons. The van der Waals surface area contributed by atoms with Crippen LogP contribution in [0.25, 0.3) is 0 Å². The lowest BCUT2D eigenvalue weighted by Crippen LogP contribution is -2.49. The molecule has 1 fully saturated rings. The summed E-state index contributed by atoms with van der Waals surface area (Å²) >= 11 is 0. The quantitative estimate of drug-likeness (QED) is 0.896. The van der Waals surface area contributed by atoms with Crippen molar-refractivity contribution in [2.75, 3.05) is 6.54 Å². The second-order valence-electron chi connectivity index (χ2n) is 6.28. The van der Waals surface area contributed by atoms with Crippen molar-refractivity contribution < 1.29 is 9.90 Å². The van der Waals surface area contributed by atoms with Crippen LogP contribution in [0.4, 0.5) is 0 Å². The summed E-state index contributed by atoms with van der Waals surface area (Å²) < 4.78 is 0. The van der Waals surface area contributed by atoms with Crippen LogP contribution in [0.2, 0.25) is 0 Å². The van der Waals surface area contributed by atoms with Crippen LogP contribution in [-0.4, -0.2) is 28.5 Å². The minimum atomic E-state index is -0.457. The van der Waals surface area contributed by atoms with Crippen LogP contribution in [0, 0.1) is 5.41 Å². The maximum absolute atomic E-state index is 13.0. The minimum absolute atomic E-state index is 0.0598. The lowest BCUT2D eigenvalue weighted by atomic mass is 9.83. The highest BCUT2D eigenvalue weighted by Gasteiger charge is 2.45. The number of carbonyl (C=O) groups excluding carboxylic acids is 1. The van der Waals surface area contributed by atoms with Gasteiger partial charge in [-0.15, -0.1) is 0 Å². The first-order chi connectivity index (χ1) is 9.90. The van der Waals surface area contributed by atoms with E-state index in [4.69, 9.17) is 5.73 Å². The number of phenolic OH excluding ortho intramolecular Hbond substituents is 1. The molecule has 0 aliphatic heterocycles. The maximum Gasteiger partial charge on any atom is 0.230 e. The normalized spacial score (nSPS) is 26.6. The van der Waals surface area contributed by atoms with Crippen LogP contribution in [0.5, 0.6) is 5.75 Å². The third-order valence-electron chi connectivity index (χ3n) is 4.94. The van der Waals surface area contributed by atoms with Crippen LogP contribution in [0.3, 0.4) is 0 Å². The topological polar surface area (TPSA) is 66.6 Å². The molecule has 0 heterocycles. The highest BCUT2D eigenvalue weighted by atomic mass is 16.3. The van der Waals surface area contributed by atoms with Crippen LogP contribution < -0.4 is 5.73 Å². The Labute approximate surface area is 126 Å². The average Bonchev–Trinajstić information content (AvgIpc) is 2.80. The van der Waals surface area contributed by atoms with Crippen molar-refractivity contribution in [3.8, 4) is 5.75 Å². The van der Waals surface area contributed by atoms with Crippen molar-refractivity contribution in [3.63, 3.8) is 0 Å². The number of rotatable bonds is 4. The summed E-state index contributed by atoms with van der Waals surface area (Å²) in [5.74, 6) is 0.359. The van der Waals surface area contributed by atoms with E-state index in [2.05, 4.69) is 0 Å². The van der Waals surface area contributed by atoms with Crippen LogP contribution in [-0.2, 0) is 4.79 Å². The molecule has 0 aromatic heterocycles. The van der Waals surface area contributed by atoms with E-state index in [1.165, 1.54) is 0 Å². The molecule has 1 aliphatic carbocycles. The van der Waals surface area contributed by atoms with Gasteiger partial charge in [0.1, 0.15) is 5.75 Å². The highest BCUT2D eigenvalue weighted by molar-refractivity contribution is 5.84. The van der Waals surface area contributed by atoms with Crippen molar-refractivity contribution in [2.24, 2.45) is 11.1 Å². The first-order valence-electron chi connectivity index (χ1n) is 7.75. The molecule has 4 nitrogen and oxygen atoms in total. The zero-order valence-corrected chi connectivity index (χ0v) is 13.2. The average molecular weight is 290 g/mol. The molecule has 3 atom stereocenters. The van der Waals surface area contributed by atoms with Gasteiger partial charge in [-0.3, -0.25) is 4.79 Å². The zero-order valence-electron chi connectivity index (χ0n) is 13.2. The molecule has 1 aromatic carbocycles. The van der Waals surface area contributed by atoms with Gasteiger partial charge in [0.2, 0.25) is 5.91 Å². The Hall–Kier alpha value is -1.55. The van der Waals surface area contributed by atoms with E-state index in [0.717, 1.165) is 24.8 Å². The number of nitrogens with two attached hydrogens (primary N) is 1. The first kappa shape index (κ1) is 15.8. The number of nitrogens with zero attached hydrogens (tertiary/aromatic N) is 1. The second-order valence-corrected chi connectivity index (χ2v) is 6.28. The molecule has 116 valence electrons. The molecule has 3 unspecified atom stereocenters. The predicted octanol–water partition coefficient (Wildman–Crippen LogP) is 2.82. The summed E-state index contributed by atoms with van der Waals surface area (Å²) in [6.45, 7) is 6.61. The van der Waals surface area contributed by atoms with Crippen LogP contribution >= 0.6 is 0 Å². The van der Waals surface area contributed by atoms with Gasteiger partial charge in [-0.25, -0.2) is 0 Å². The van der Waals surface area contributed by atoms with Gasteiger partial charge in [0, 0.05) is 12.6 Å². The monoisotopic (exact) mass is 290 g/mol. The van der Waals surface area contributed by atoms with Gasteiger partial charge in [-0.05, 0) is 51.3 Å². The van der Waals surface area contributed by atoms with Crippen LogP contribution in [0.15, 0.2) is 24.3 Å². The summed E-state index contributed by atoms with van der Waals surface area (Å²) in [6.07, 6.45) is 2.79. The Bertz CT molecular complexity index is 517. The lowest BCUT2D eigenvalue weighted by molar-refractivity contribution is -0.143. The van der Waals surface area contributed by atoms with Crippen molar-refractivity contribution in [1.29, 1.82) is 0 Å². The van der Waals surface area contributed by atoms with Gasteiger partial charge >= 0.3 is 0 Å². The Kier molecular flexibility index (Phi) is 4.57. The number of aromatic hydroxyl groups is 1. The number of carbonyl (C=O) groups is 1. The maximum atomic E-state index is 13.0. The molecular weight excluding hydrogens is 264 g/mol. The Balaban J connectivity index is 2.25. The minimum Gasteiger partial charge on any atom is -0.508 e. The van der Waals surface area contributed by atoms with Gasteiger partial charge in [0.25, 0.3) is 0 Å². The molecular formula is C17H26N2O2. The van der Waals surface area contributed by atoms with Gasteiger partial charge in [-0.1, -0.05) is 18.6 Å². The molecule has 2 rings (SSSR count). The molecule has 1 aliphatic rings. The van der Waals surface area contributed by atoms with Gasteiger partial charge in [0.05, 0.1) is 11.5 Å². The summed E-state index contributed by atoms with van der Waals surface area (Å²) in [5.41, 5.74) is 6.67. The van der Waals surface area contributed by atoms with Crippen LogP contribution in [0.1, 0.15) is 51.6 Å². The van der Waals surface area contributed by atoms with E-state index in [1.807, 2.05) is 37.8 Å². The number of amides is 1. The molecule has 0 spiro atoms. The highest BCUT2D eigenvalue weighted by Crippen LogP contribution is 2.40. The van der Waals surface area contributed by atoms with E-state index in [-0.39, 0.29) is 23.7 Å². The fraction of sp³-hybridized carbons (Fsp3) is 0.588. The van der Waals surface area contributed by atoms with Gasteiger partial charge in [0.15, 0.2) is 0 Å². The summed E-state index contributed by atoms with van der Waals surface area (Å²) in [4.78, 5) is 14.9. The summed E-state index contributed by atoms with van der Waals surface area (Å²) in [5, 5.41) is 9.64. The van der Waals surface area contributed by atoms with Crippen molar-refractivity contribution >= 4 is 5.91 Å². The zero-order chi connectivity index (χ0) is 15.6. The summed E-state index contributed by atoms with van der Waals surface area (Å²) in [7, 11) is 0. The smallest absolute Gasteiger partial charge is 0.230 e. The van der Waals surface area contributed by atoms with Crippen molar-refractivity contribution in [2.45, 2.75) is 52.1 Å². The van der Waals surface area contributed by atoms with Gasteiger partial charge < -0.3 is 15.7 Å². The number of phenols is 1. The molecule has 0 bridgehead atoms. The SMILES string of the molecule is CCN(C(=O)C1(C)CCCC1N)C(C)c1cccc(O)c1. The summed E-state index contributed by atoms with van der Waals surface area (Å²) in [6, 6.07) is 6.98. The van der Waals surface area contributed by atoms with E-state index in [9.17, 15) is 9.90 Å². The third kappa shape index (κ3) is 2.91. The van der Waals surface area contributed by atoms with Crippen molar-refractivity contribution in [3.05, 3.63) is 29.8 Å². The third-order valence-corrected chi connectivity index (χ3v) is 4.94. The Morgan fingerprint density at radius 3 is 2.81 bits per heavy atom. The largest absolute Gasteiger partial charge is 0.508 e. The number of hydrogen-bond acceptors (Lipinski definition) is 3. The molecule has 1 aromatic rings. The predicted molar refractivity (Wildman–Crippen MR) is 83.8 cm³/mol.